The Labute approximate surface area is 184 Å². The van der Waals surface area contributed by atoms with Crippen LogP contribution in [-0.2, 0) is 6.54 Å². The summed E-state index contributed by atoms with van der Waals surface area (Å²) in [5.41, 5.74) is 2.56. The Morgan fingerprint density at radius 3 is 2.14 bits per heavy atom. The van der Waals surface area contributed by atoms with Crippen LogP contribution in [-0.4, -0.2) is 35.4 Å². The molecule has 3 rings (SSSR count). The Hall–Kier alpha value is -2.35. The standard InChI is InChI=1S/C22H27N5.HI/c1-2-23-22(24-15-17-27-16-9-14-26-27)25-18-21(19-10-5-3-6-11-19)20-12-7-4-8-13-20;/h3-14,16,21H,2,15,17-18H2,1H3,(H2,23,24,25);1H. The van der Waals surface area contributed by atoms with E-state index in [1.807, 2.05) is 16.9 Å². The molecule has 0 atom stereocenters. The van der Waals surface area contributed by atoms with Crippen LogP contribution in [0.15, 0.2) is 84.1 Å². The maximum Gasteiger partial charge on any atom is 0.191 e. The molecule has 0 saturated carbocycles. The van der Waals surface area contributed by atoms with Gasteiger partial charge in [-0.05, 0) is 24.1 Å². The molecular formula is C22H28IN5. The van der Waals surface area contributed by atoms with Crippen molar-refractivity contribution in [2.75, 3.05) is 19.6 Å². The van der Waals surface area contributed by atoms with E-state index in [9.17, 15) is 0 Å². The molecule has 28 heavy (non-hydrogen) atoms. The van der Waals surface area contributed by atoms with Gasteiger partial charge in [-0.3, -0.25) is 9.67 Å². The van der Waals surface area contributed by atoms with Crippen molar-refractivity contribution in [1.82, 2.24) is 20.4 Å². The highest BCUT2D eigenvalue weighted by Gasteiger charge is 2.13. The zero-order valence-corrected chi connectivity index (χ0v) is 18.5. The van der Waals surface area contributed by atoms with Crippen LogP contribution >= 0.6 is 24.0 Å². The third-order valence-electron chi connectivity index (χ3n) is 4.37. The van der Waals surface area contributed by atoms with Crippen molar-refractivity contribution in [3.63, 3.8) is 0 Å². The normalized spacial score (nSPS) is 11.1. The van der Waals surface area contributed by atoms with Gasteiger partial charge in [0.2, 0.25) is 0 Å². The number of nitrogens with one attached hydrogen (secondary N) is 2. The summed E-state index contributed by atoms with van der Waals surface area (Å²) in [4.78, 5) is 4.85. The second-order valence-electron chi connectivity index (χ2n) is 6.29. The molecule has 0 amide bonds. The minimum atomic E-state index is 0. The van der Waals surface area contributed by atoms with E-state index in [2.05, 4.69) is 83.3 Å². The van der Waals surface area contributed by atoms with Gasteiger partial charge >= 0.3 is 0 Å². The average Bonchev–Trinajstić information content (AvgIpc) is 3.23. The van der Waals surface area contributed by atoms with Crippen LogP contribution in [0.25, 0.3) is 0 Å². The summed E-state index contributed by atoms with van der Waals surface area (Å²) < 4.78 is 1.91. The van der Waals surface area contributed by atoms with Crippen molar-refractivity contribution in [2.24, 2.45) is 4.99 Å². The van der Waals surface area contributed by atoms with Crippen LogP contribution in [0.3, 0.4) is 0 Å². The quantitative estimate of drug-likeness (QED) is 0.287. The van der Waals surface area contributed by atoms with Crippen LogP contribution in [0.1, 0.15) is 24.0 Å². The molecule has 1 aromatic heterocycles. The lowest BCUT2D eigenvalue weighted by molar-refractivity contribution is 0.597. The monoisotopic (exact) mass is 489 g/mol. The van der Waals surface area contributed by atoms with Crippen LogP contribution in [0.5, 0.6) is 0 Å². The lowest BCUT2D eigenvalue weighted by atomic mass is 9.91. The molecule has 0 aliphatic rings. The van der Waals surface area contributed by atoms with E-state index >= 15 is 0 Å². The molecule has 0 spiro atoms. The minimum absolute atomic E-state index is 0. The molecule has 0 fully saturated rings. The molecule has 2 aromatic carbocycles. The fraction of sp³-hybridized carbons (Fsp3) is 0.273. The number of guanidine groups is 1. The molecule has 3 aromatic rings. The number of benzene rings is 2. The van der Waals surface area contributed by atoms with Crippen molar-refractivity contribution >= 4 is 29.9 Å². The molecule has 6 heteroatoms. The predicted octanol–water partition coefficient (Wildman–Crippen LogP) is 3.89. The Bertz CT molecular complexity index is 764. The summed E-state index contributed by atoms with van der Waals surface area (Å²) in [5.74, 6) is 1.07. The second kappa shape index (κ2) is 12.2. The van der Waals surface area contributed by atoms with Crippen molar-refractivity contribution in [3.05, 3.63) is 90.3 Å². The topological polar surface area (TPSA) is 54.2 Å². The summed E-state index contributed by atoms with van der Waals surface area (Å²) >= 11 is 0. The molecule has 148 valence electrons. The van der Waals surface area contributed by atoms with Crippen LogP contribution in [0, 0.1) is 0 Å². The van der Waals surface area contributed by atoms with Gasteiger partial charge in [-0.2, -0.15) is 5.10 Å². The third kappa shape index (κ3) is 6.67. The Balaban J connectivity index is 0.00000280. The fourth-order valence-corrected chi connectivity index (χ4v) is 3.02. The lowest BCUT2D eigenvalue weighted by Gasteiger charge is -2.18. The number of rotatable bonds is 8. The van der Waals surface area contributed by atoms with Gasteiger partial charge in [-0.25, -0.2) is 0 Å². The molecule has 0 aliphatic carbocycles. The Morgan fingerprint density at radius 1 is 0.964 bits per heavy atom. The van der Waals surface area contributed by atoms with Crippen LogP contribution in [0.4, 0.5) is 0 Å². The first kappa shape index (κ1) is 21.9. The van der Waals surface area contributed by atoms with E-state index in [-0.39, 0.29) is 29.9 Å². The molecule has 0 unspecified atom stereocenters. The first-order valence-electron chi connectivity index (χ1n) is 9.46. The van der Waals surface area contributed by atoms with E-state index < -0.39 is 0 Å². The maximum absolute atomic E-state index is 4.85. The fourth-order valence-electron chi connectivity index (χ4n) is 3.02. The maximum atomic E-state index is 4.85. The smallest absolute Gasteiger partial charge is 0.191 e. The van der Waals surface area contributed by atoms with E-state index in [0.717, 1.165) is 25.6 Å². The third-order valence-corrected chi connectivity index (χ3v) is 4.37. The van der Waals surface area contributed by atoms with Gasteiger partial charge in [-0.1, -0.05) is 60.7 Å². The molecule has 0 saturated heterocycles. The molecule has 5 nitrogen and oxygen atoms in total. The van der Waals surface area contributed by atoms with E-state index in [1.165, 1.54) is 11.1 Å². The van der Waals surface area contributed by atoms with Gasteiger partial charge in [0.15, 0.2) is 5.96 Å². The number of hydrogen-bond donors (Lipinski definition) is 2. The molecule has 1 heterocycles. The molecule has 2 N–H and O–H groups in total. The van der Waals surface area contributed by atoms with Gasteiger partial charge in [0.05, 0.1) is 13.1 Å². The average molecular weight is 489 g/mol. The number of aromatic nitrogens is 2. The van der Waals surface area contributed by atoms with Gasteiger partial charge in [0.1, 0.15) is 0 Å². The summed E-state index contributed by atoms with van der Waals surface area (Å²) in [6.45, 7) is 5.17. The molecule has 0 bridgehead atoms. The largest absolute Gasteiger partial charge is 0.357 e. The summed E-state index contributed by atoms with van der Waals surface area (Å²) in [7, 11) is 0. The van der Waals surface area contributed by atoms with E-state index in [0.29, 0.717) is 6.54 Å². The Morgan fingerprint density at radius 2 is 1.61 bits per heavy atom. The number of aliphatic imine (C=N–C) groups is 1. The number of nitrogens with zero attached hydrogens (tertiary/aromatic N) is 3. The van der Waals surface area contributed by atoms with Crippen molar-refractivity contribution in [2.45, 2.75) is 19.4 Å². The highest BCUT2D eigenvalue weighted by Crippen LogP contribution is 2.24. The van der Waals surface area contributed by atoms with Gasteiger partial charge in [-0.15, -0.1) is 24.0 Å². The van der Waals surface area contributed by atoms with Crippen molar-refractivity contribution in [3.8, 4) is 0 Å². The zero-order valence-electron chi connectivity index (χ0n) is 16.2. The lowest BCUT2D eigenvalue weighted by Crippen LogP contribution is -2.39. The highest BCUT2D eigenvalue weighted by atomic mass is 127. The van der Waals surface area contributed by atoms with Crippen molar-refractivity contribution < 1.29 is 0 Å². The Kier molecular flexibility index (Phi) is 9.54. The zero-order chi connectivity index (χ0) is 18.7. The second-order valence-corrected chi connectivity index (χ2v) is 6.29. The summed E-state index contributed by atoms with van der Waals surface area (Å²) in [6.07, 6.45) is 3.76. The number of halogens is 1. The molecular weight excluding hydrogens is 461 g/mol. The van der Waals surface area contributed by atoms with Crippen molar-refractivity contribution in [1.29, 1.82) is 0 Å². The highest BCUT2D eigenvalue weighted by molar-refractivity contribution is 14.0. The van der Waals surface area contributed by atoms with Crippen LogP contribution < -0.4 is 10.6 Å². The predicted molar refractivity (Wildman–Crippen MR) is 126 cm³/mol. The van der Waals surface area contributed by atoms with Gasteiger partial charge in [0, 0.05) is 31.4 Å². The summed E-state index contributed by atoms with van der Waals surface area (Å²) in [5, 5.41) is 11.0. The molecule has 0 radical (unpaired) electrons. The van der Waals surface area contributed by atoms with E-state index in [1.54, 1.807) is 6.20 Å². The first-order valence-corrected chi connectivity index (χ1v) is 9.46. The van der Waals surface area contributed by atoms with E-state index in [4.69, 9.17) is 4.99 Å². The SMILES string of the molecule is CCNC(=NCC(c1ccccc1)c1ccccc1)NCCn1cccn1.I. The first-order chi connectivity index (χ1) is 13.4. The van der Waals surface area contributed by atoms with Crippen LogP contribution in [0.2, 0.25) is 0 Å². The van der Waals surface area contributed by atoms with Gasteiger partial charge < -0.3 is 10.6 Å². The number of hydrogen-bond acceptors (Lipinski definition) is 2. The molecule has 0 aliphatic heterocycles. The minimum Gasteiger partial charge on any atom is -0.357 e. The summed E-state index contributed by atoms with van der Waals surface area (Å²) in [6, 6.07) is 23.1. The van der Waals surface area contributed by atoms with Gasteiger partial charge in [0.25, 0.3) is 0 Å².